The molecule has 1 amide bonds. The van der Waals surface area contributed by atoms with E-state index in [1.807, 2.05) is 30.3 Å². The van der Waals surface area contributed by atoms with Crippen LogP contribution in [0.5, 0.6) is 0 Å². The summed E-state index contributed by atoms with van der Waals surface area (Å²) in [7, 11) is 0. The maximum absolute atomic E-state index is 12.2. The molecule has 1 aliphatic rings. The number of para-hydroxylation sites is 1. The Balaban J connectivity index is 1.79. The number of carbonyl (C=O) groups is 2. The van der Waals surface area contributed by atoms with Crippen LogP contribution < -0.4 is 5.32 Å². The third-order valence-corrected chi connectivity index (χ3v) is 3.53. The Morgan fingerprint density at radius 2 is 2.09 bits per heavy atom. The molecule has 0 saturated carbocycles. The van der Waals surface area contributed by atoms with Crippen LogP contribution in [0.1, 0.15) is 16.9 Å². The summed E-state index contributed by atoms with van der Waals surface area (Å²) >= 11 is 0. The number of hydrogen-bond acceptors (Lipinski definition) is 5. The second-order valence-corrected chi connectivity index (χ2v) is 5.03. The lowest BCUT2D eigenvalue weighted by atomic mass is 9.99. The highest BCUT2D eigenvalue weighted by molar-refractivity contribution is 5.96. The van der Waals surface area contributed by atoms with Crippen molar-refractivity contribution in [3.63, 3.8) is 0 Å². The quantitative estimate of drug-likeness (QED) is 0.838. The number of aliphatic carboxylic acids is 1. The van der Waals surface area contributed by atoms with Crippen LogP contribution in [0.25, 0.3) is 5.69 Å². The van der Waals surface area contributed by atoms with Crippen molar-refractivity contribution in [2.24, 2.45) is 0 Å². The molecule has 0 bridgehead atoms. The molecule has 1 unspecified atom stereocenters. The SMILES string of the molecule is O=C(NC1(C(=O)O)CCOC1)c1cn(-c2ccccc2)nn1. The topological polar surface area (TPSA) is 106 Å². The van der Waals surface area contributed by atoms with Crippen molar-refractivity contribution in [2.45, 2.75) is 12.0 Å². The molecule has 1 fully saturated rings. The minimum Gasteiger partial charge on any atom is -0.479 e. The van der Waals surface area contributed by atoms with Crippen molar-refractivity contribution in [3.05, 3.63) is 42.2 Å². The van der Waals surface area contributed by atoms with Crippen LogP contribution in [0.15, 0.2) is 36.5 Å². The molecule has 2 aromatic rings. The maximum atomic E-state index is 12.2. The number of nitrogens with one attached hydrogen (secondary N) is 1. The summed E-state index contributed by atoms with van der Waals surface area (Å²) in [6.45, 7) is 0.240. The van der Waals surface area contributed by atoms with Crippen LogP contribution in [0.3, 0.4) is 0 Å². The van der Waals surface area contributed by atoms with Crippen molar-refractivity contribution in [2.75, 3.05) is 13.2 Å². The highest BCUT2D eigenvalue weighted by Crippen LogP contribution is 2.19. The monoisotopic (exact) mass is 302 g/mol. The van der Waals surface area contributed by atoms with Crippen LogP contribution >= 0.6 is 0 Å². The van der Waals surface area contributed by atoms with Gasteiger partial charge in [-0.15, -0.1) is 5.10 Å². The molecular weight excluding hydrogens is 288 g/mol. The van der Waals surface area contributed by atoms with Crippen LogP contribution in [0.4, 0.5) is 0 Å². The summed E-state index contributed by atoms with van der Waals surface area (Å²) < 4.78 is 6.55. The second kappa shape index (κ2) is 5.57. The fraction of sp³-hybridized carbons (Fsp3) is 0.286. The van der Waals surface area contributed by atoms with E-state index in [1.165, 1.54) is 10.9 Å². The Bertz CT molecular complexity index is 692. The first kappa shape index (κ1) is 14.2. The van der Waals surface area contributed by atoms with Crippen molar-refractivity contribution >= 4 is 11.9 Å². The van der Waals surface area contributed by atoms with Crippen LogP contribution in [0.2, 0.25) is 0 Å². The Morgan fingerprint density at radius 3 is 2.73 bits per heavy atom. The van der Waals surface area contributed by atoms with E-state index in [1.54, 1.807) is 0 Å². The first-order valence-electron chi connectivity index (χ1n) is 6.72. The first-order valence-corrected chi connectivity index (χ1v) is 6.72. The number of carbonyl (C=O) groups excluding carboxylic acids is 1. The fourth-order valence-corrected chi connectivity index (χ4v) is 2.24. The minimum atomic E-state index is -1.40. The number of aromatic nitrogens is 3. The molecule has 3 rings (SSSR count). The smallest absolute Gasteiger partial charge is 0.331 e. The molecule has 2 heterocycles. The summed E-state index contributed by atoms with van der Waals surface area (Å²) in [6, 6.07) is 9.18. The highest BCUT2D eigenvalue weighted by Gasteiger charge is 2.44. The predicted molar refractivity (Wildman–Crippen MR) is 74.6 cm³/mol. The van der Waals surface area contributed by atoms with Gasteiger partial charge in [-0.2, -0.15) is 0 Å². The molecule has 1 aromatic heterocycles. The van der Waals surface area contributed by atoms with Crippen LogP contribution in [-0.4, -0.2) is 50.7 Å². The zero-order chi connectivity index (χ0) is 15.6. The van der Waals surface area contributed by atoms with Gasteiger partial charge in [-0.3, -0.25) is 4.79 Å². The van der Waals surface area contributed by atoms with Crippen molar-refractivity contribution in [1.82, 2.24) is 20.3 Å². The molecule has 114 valence electrons. The summed E-state index contributed by atoms with van der Waals surface area (Å²) in [6.07, 6.45) is 1.68. The zero-order valence-electron chi connectivity index (χ0n) is 11.6. The normalized spacial score (nSPS) is 20.7. The molecule has 1 saturated heterocycles. The van der Waals surface area contributed by atoms with Gasteiger partial charge in [-0.05, 0) is 12.1 Å². The van der Waals surface area contributed by atoms with Gasteiger partial charge in [0.25, 0.3) is 5.91 Å². The average molecular weight is 302 g/mol. The Morgan fingerprint density at radius 1 is 1.32 bits per heavy atom. The molecule has 1 aliphatic heterocycles. The lowest BCUT2D eigenvalue weighted by Crippen LogP contribution is -2.55. The number of rotatable bonds is 4. The number of carboxylic acid groups (broad SMARTS) is 1. The lowest BCUT2D eigenvalue weighted by Gasteiger charge is -2.22. The molecule has 1 aromatic carbocycles. The van der Waals surface area contributed by atoms with Gasteiger partial charge in [-0.25, -0.2) is 9.48 Å². The van der Waals surface area contributed by atoms with E-state index in [0.717, 1.165) is 5.69 Å². The molecule has 0 radical (unpaired) electrons. The third-order valence-electron chi connectivity index (χ3n) is 3.53. The van der Waals surface area contributed by atoms with Gasteiger partial charge >= 0.3 is 5.97 Å². The summed E-state index contributed by atoms with van der Waals surface area (Å²) in [5, 5.41) is 19.5. The van der Waals surface area contributed by atoms with E-state index in [2.05, 4.69) is 15.6 Å². The molecule has 1 atom stereocenters. The van der Waals surface area contributed by atoms with Gasteiger partial charge in [0.1, 0.15) is 0 Å². The number of hydrogen-bond donors (Lipinski definition) is 2. The number of benzene rings is 1. The predicted octanol–water partition coefficient (Wildman–Crippen LogP) is 0.241. The van der Waals surface area contributed by atoms with Gasteiger partial charge in [-0.1, -0.05) is 23.4 Å². The van der Waals surface area contributed by atoms with Gasteiger partial charge < -0.3 is 15.2 Å². The van der Waals surface area contributed by atoms with Crippen molar-refractivity contribution in [3.8, 4) is 5.69 Å². The number of amides is 1. The average Bonchev–Trinajstić information content (AvgIpc) is 3.18. The third kappa shape index (κ3) is 2.56. The molecule has 22 heavy (non-hydrogen) atoms. The Labute approximate surface area is 125 Å². The Hall–Kier alpha value is -2.74. The molecule has 2 N–H and O–H groups in total. The molecular formula is C14H14N4O4. The molecule has 8 nitrogen and oxygen atoms in total. The standard InChI is InChI=1S/C14H14N4O4/c19-12(15-14(13(20)21)6-7-22-9-14)11-8-18(17-16-11)10-4-2-1-3-5-10/h1-5,8H,6-7,9H2,(H,15,19)(H,20,21). The summed E-state index contributed by atoms with van der Waals surface area (Å²) in [4.78, 5) is 23.6. The summed E-state index contributed by atoms with van der Waals surface area (Å²) in [5.41, 5.74) is -0.587. The van der Waals surface area contributed by atoms with E-state index in [0.29, 0.717) is 6.61 Å². The zero-order valence-corrected chi connectivity index (χ0v) is 11.6. The minimum absolute atomic E-state index is 0.0522. The number of ether oxygens (including phenoxy) is 1. The van der Waals surface area contributed by atoms with Crippen molar-refractivity contribution in [1.29, 1.82) is 0 Å². The summed E-state index contributed by atoms with van der Waals surface area (Å²) in [5.74, 6) is -1.70. The van der Waals surface area contributed by atoms with Gasteiger partial charge in [0.05, 0.1) is 18.5 Å². The van der Waals surface area contributed by atoms with E-state index in [9.17, 15) is 14.7 Å². The van der Waals surface area contributed by atoms with E-state index in [4.69, 9.17) is 4.74 Å². The first-order chi connectivity index (χ1) is 10.6. The molecule has 0 spiro atoms. The molecule has 8 heteroatoms. The van der Waals surface area contributed by atoms with Crippen LogP contribution in [-0.2, 0) is 9.53 Å². The van der Waals surface area contributed by atoms with Crippen molar-refractivity contribution < 1.29 is 19.4 Å². The lowest BCUT2D eigenvalue weighted by molar-refractivity contribution is -0.144. The Kier molecular flexibility index (Phi) is 3.60. The van der Waals surface area contributed by atoms with E-state index >= 15 is 0 Å². The highest BCUT2D eigenvalue weighted by atomic mass is 16.5. The second-order valence-electron chi connectivity index (χ2n) is 5.03. The number of nitrogens with zero attached hydrogens (tertiary/aromatic N) is 3. The fourth-order valence-electron chi connectivity index (χ4n) is 2.24. The maximum Gasteiger partial charge on any atom is 0.331 e. The molecule has 0 aliphatic carbocycles. The van der Waals surface area contributed by atoms with Gasteiger partial charge in [0, 0.05) is 13.0 Å². The van der Waals surface area contributed by atoms with E-state index < -0.39 is 17.4 Å². The van der Waals surface area contributed by atoms with Gasteiger partial charge in [0.2, 0.25) is 0 Å². The largest absolute Gasteiger partial charge is 0.479 e. The van der Waals surface area contributed by atoms with Gasteiger partial charge in [0.15, 0.2) is 11.2 Å². The van der Waals surface area contributed by atoms with E-state index in [-0.39, 0.29) is 18.7 Å². The number of carboxylic acids is 1. The van der Waals surface area contributed by atoms with Crippen LogP contribution in [0, 0.1) is 0 Å².